The number of nitrogens with zero attached hydrogens (tertiary/aromatic N) is 1. The Labute approximate surface area is 115 Å². The van der Waals surface area contributed by atoms with Gasteiger partial charge in [0.1, 0.15) is 6.54 Å². The number of hydrogen-bond acceptors (Lipinski definition) is 5. The molecule has 0 aliphatic rings. The summed E-state index contributed by atoms with van der Waals surface area (Å²) in [6, 6.07) is 5.27. The molecule has 0 atom stereocenters. The number of carbonyl (C=O) groups excluding carboxylic acids is 3. The third-order valence-corrected chi connectivity index (χ3v) is 2.19. The highest BCUT2D eigenvalue weighted by Gasteiger charge is 2.07. The summed E-state index contributed by atoms with van der Waals surface area (Å²) in [6.07, 6.45) is 0. The summed E-state index contributed by atoms with van der Waals surface area (Å²) in [5.41, 5.74) is 7.28. The molecular formula is C12H14N4O4. The van der Waals surface area contributed by atoms with Gasteiger partial charge in [0, 0.05) is 11.3 Å². The quantitative estimate of drug-likeness (QED) is 0.558. The molecule has 0 bridgehead atoms. The minimum atomic E-state index is -0.664. The van der Waals surface area contributed by atoms with Crippen LogP contribution >= 0.6 is 0 Å². The third-order valence-electron chi connectivity index (χ3n) is 2.19. The molecule has 1 rings (SSSR count). The van der Waals surface area contributed by atoms with E-state index in [0.717, 1.165) is 0 Å². The molecule has 0 spiro atoms. The number of urea groups is 1. The number of nitrogens with one attached hydrogen (secondary N) is 3. The molecule has 1 aromatic carbocycles. The Morgan fingerprint density at radius 2 is 1.90 bits per heavy atom. The van der Waals surface area contributed by atoms with Crippen molar-refractivity contribution in [2.45, 2.75) is 6.92 Å². The maximum absolute atomic E-state index is 11.5. The standard InChI is InChI=1S/C12H14N4O4/c1-2-20-10(17)7-14-12(19)15-9-5-3-8(4-6-9)11(18)16-13/h3-6,13H,2,7H2,1H3,(H2,14,15,19). The first kappa shape index (κ1) is 15.3. The Balaban J connectivity index is 2.48. The van der Waals surface area contributed by atoms with Crippen molar-refractivity contribution in [3.8, 4) is 0 Å². The van der Waals surface area contributed by atoms with Gasteiger partial charge in [-0.2, -0.15) is 0 Å². The first-order valence-corrected chi connectivity index (χ1v) is 5.79. The second kappa shape index (κ2) is 7.62. The topological polar surface area (TPSA) is 121 Å². The third kappa shape index (κ3) is 4.84. The molecule has 0 aliphatic carbocycles. The summed E-state index contributed by atoms with van der Waals surface area (Å²) in [5, 5.41) is 7.58. The molecule has 0 heterocycles. The van der Waals surface area contributed by atoms with Crippen LogP contribution in [0.3, 0.4) is 0 Å². The molecule has 8 heteroatoms. The van der Waals surface area contributed by atoms with Crippen molar-refractivity contribution >= 4 is 23.6 Å². The van der Waals surface area contributed by atoms with Gasteiger partial charge >= 0.3 is 12.0 Å². The highest BCUT2D eigenvalue weighted by Crippen LogP contribution is 2.10. The molecule has 1 aromatic rings. The predicted octanol–water partition coefficient (Wildman–Crippen LogP) is 1.54. The Hall–Kier alpha value is -2.77. The molecule has 0 aromatic heterocycles. The summed E-state index contributed by atoms with van der Waals surface area (Å²) in [6.45, 7) is 1.69. The largest absolute Gasteiger partial charge is 0.465 e. The lowest BCUT2D eigenvalue weighted by atomic mass is 10.2. The Kier molecular flexibility index (Phi) is 5.82. The SMILES string of the molecule is CCOC(=O)CNC(=O)Nc1ccc(C(=O)N=N)cc1. The molecular weight excluding hydrogens is 264 g/mol. The molecule has 106 valence electrons. The van der Waals surface area contributed by atoms with Crippen molar-refractivity contribution < 1.29 is 19.1 Å². The first-order valence-electron chi connectivity index (χ1n) is 5.79. The Morgan fingerprint density at radius 1 is 1.25 bits per heavy atom. The fraction of sp³-hybridized carbons (Fsp3) is 0.250. The molecule has 0 radical (unpaired) electrons. The second-order valence-corrected chi connectivity index (χ2v) is 3.61. The normalized spacial score (nSPS) is 9.45. The lowest BCUT2D eigenvalue weighted by Crippen LogP contribution is -2.34. The number of esters is 1. The fourth-order valence-corrected chi connectivity index (χ4v) is 1.30. The Bertz CT molecular complexity index is 513. The highest BCUT2D eigenvalue weighted by molar-refractivity contribution is 5.95. The molecule has 20 heavy (non-hydrogen) atoms. The molecule has 8 nitrogen and oxygen atoms in total. The van der Waals surface area contributed by atoms with Crippen LogP contribution < -0.4 is 10.6 Å². The van der Waals surface area contributed by atoms with Crippen molar-refractivity contribution in [2.24, 2.45) is 5.11 Å². The van der Waals surface area contributed by atoms with Crippen LogP contribution in [0.1, 0.15) is 17.3 Å². The van der Waals surface area contributed by atoms with E-state index in [1.165, 1.54) is 24.3 Å². The minimum Gasteiger partial charge on any atom is -0.465 e. The summed E-state index contributed by atoms with van der Waals surface area (Å²) in [5.74, 6) is -1.19. The van der Waals surface area contributed by atoms with Crippen LogP contribution in [0.15, 0.2) is 29.4 Å². The molecule has 0 fully saturated rings. The zero-order valence-corrected chi connectivity index (χ0v) is 10.8. The molecule has 0 saturated carbocycles. The number of anilines is 1. The maximum atomic E-state index is 11.5. The number of benzene rings is 1. The summed E-state index contributed by atoms with van der Waals surface area (Å²) >= 11 is 0. The van der Waals surface area contributed by atoms with Crippen LogP contribution in [0.25, 0.3) is 0 Å². The summed E-state index contributed by atoms with van der Waals surface area (Å²) in [4.78, 5) is 33.6. The van der Waals surface area contributed by atoms with Crippen LogP contribution in [0.4, 0.5) is 10.5 Å². The van der Waals surface area contributed by atoms with Crippen LogP contribution in [-0.2, 0) is 9.53 Å². The van der Waals surface area contributed by atoms with Gasteiger partial charge in [0.2, 0.25) is 0 Å². The Morgan fingerprint density at radius 3 is 2.45 bits per heavy atom. The van der Waals surface area contributed by atoms with E-state index >= 15 is 0 Å². The monoisotopic (exact) mass is 278 g/mol. The molecule has 0 unspecified atom stereocenters. The lowest BCUT2D eigenvalue weighted by Gasteiger charge is -2.07. The van der Waals surface area contributed by atoms with E-state index in [0.29, 0.717) is 5.69 Å². The first-order chi connectivity index (χ1) is 9.56. The van der Waals surface area contributed by atoms with Crippen LogP contribution in [0.2, 0.25) is 0 Å². The van der Waals surface area contributed by atoms with Crippen LogP contribution in [0.5, 0.6) is 0 Å². The van der Waals surface area contributed by atoms with Gasteiger partial charge in [0.25, 0.3) is 5.91 Å². The van der Waals surface area contributed by atoms with Gasteiger partial charge in [0.15, 0.2) is 0 Å². The summed E-state index contributed by atoms with van der Waals surface area (Å²) < 4.78 is 4.65. The number of amides is 3. The molecule has 3 N–H and O–H groups in total. The van der Waals surface area contributed by atoms with E-state index in [-0.39, 0.29) is 18.7 Å². The van der Waals surface area contributed by atoms with E-state index < -0.39 is 17.9 Å². The van der Waals surface area contributed by atoms with Gasteiger partial charge in [-0.3, -0.25) is 9.59 Å². The number of ether oxygens (including phenoxy) is 1. The predicted molar refractivity (Wildman–Crippen MR) is 69.6 cm³/mol. The van der Waals surface area contributed by atoms with Crippen molar-refractivity contribution in [3.05, 3.63) is 29.8 Å². The van der Waals surface area contributed by atoms with E-state index in [2.05, 4.69) is 20.5 Å². The zero-order valence-electron chi connectivity index (χ0n) is 10.8. The van der Waals surface area contributed by atoms with Crippen molar-refractivity contribution in [1.82, 2.24) is 5.32 Å². The minimum absolute atomic E-state index is 0.228. The van der Waals surface area contributed by atoms with E-state index in [1.54, 1.807) is 6.92 Å². The van der Waals surface area contributed by atoms with Crippen molar-refractivity contribution in [2.75, 3.05) is 18.5 Å². The average Bonchev–Trinajstić information content (AvgIpc) is 2.45. The zero-order chi connectivity index (χ0) is 15.0. The van der Waals surface area contributed by atoms with E-state index in [1.807, 2.05) is 0 Å². The smallest absolute Gasteiger partial charge is 0.325 e. The van der Waals surface area contributed by atoms with E-state index in [9.17, 15) is 14.4 Å². The lowest BCUT2D eigenvalue weighted by molar-refractivity contribution is -0.141. The number of hydrogen-bond donors (Lipinski definition) is 3. The van der Waals surface area contributed by atoms with Gasteiger partial charge in [-0.05, 0) is 31.2 Å². The van der Waals surface area contributed by atoms with Gasteiger partial charge in [0.05, 0.1) is 6.61 Å². The number of rotatable bonds is 5. The van der Waals surface area contributed by atoms with Crippen molar-refractivity contribution in [3.63, 3.8) is 0 Å². The summed E-state index contributed by atoms with van der Waals surface area (Å²) in [7, 11) is 0. The van der Waals surface area contributed by atoms with Crippen LogP contribution in [-0.4, -0.2) is 31.1 Å². The fourth-order valence-electron chi connectivity index (χ4n) is 1.30. The van der Waals surface area contributed by atoms with E-state index in [4.69, 9.17) is 5.53 Å². The van der Waals surface area contributed by atoms with Gasteiger partial charge in [-0.15, -0.1) is 5.11 Å². The second-order valence-electron chi connectivity index (χ2n) is 3.61. The van der Waals surface area contributed by atoms with Crippen molar-refractivity contribution in [1.29, 1.82) is 5.53 Å². The average molecular weight is 278 g/mol. The molecule has 0 aliphatic heterocycles. The van der Waals surface area contributed by atoms with Gasteiger partial charge in [-0.25, -0.2) is 10.3 Å². The highest BCUT2D eigenvalue weighted by atomic mass is 16.5. The molecule has 3 amide bonds. The maximum Gasteiger partial charge on any atom is 0.325 e. The van der Waals surface area contributed by atoms with Crippen LogP contribution in [0, 0.1) is 5.53 Å². The number of carbonyl (C=O) groups is 3. The van der Waals surface area contributed by atoms with Gasteiger partial charge in [-0.1, -0.05) is 0 Å². The van der Waals surface area contributed by atoms with Gasteiger partial charge < -0.3 is 15.4 Å². The molecule has 0 saturated heterocycles.